The second kappa shape index (κ2) is 4.58. The van der Waals surface area contributed by atoms with Gasteiger partial charge in [0.05, 0.1) is 6.42 Å². The highest BCUT2D eigenvalue weighted by Gasteiger charge is 2.33. The molecule has 0 atom stereocenters. The van der Waals surface area contributed by atoms with Crippen molar-refractivity contribution in [3.05, 3.63) is 0 Å². The zero-order chi connectivity index (χ0) is 9.73. The molecule has 1 rings (SSSR count). The van der Waals surface area contributed by atoms with Crippen molar-refractivity contribution in [2.75, 3.05) is 6.54 Å². The Bertz CT molecular complexity index is 176. The third-order valence-electron chi connectivity index (χ3n) is 3.00. The highest BCUT2D eigenvalue weighted by molar-refractivity contribution is 5.69. The van der Waals surface area contributed by atoms with Crippen molar-refractivity contribution in [3.63, 3.8) is 0 Å². The Morgan fingerprint density at radius 1 is 1.31 bits per heavy atom. The van der Waals surface area contributed by atoms with Gasteiger partial charge in [-0.05, 0) is 24.8 Å². The van der Waals surface area contributed by atoms with Crippen LogP contribution >= 0.6 is 0 Å². The van der Waals surface area contributed by atoms with Crippen molar-refractivity contribution in [3.8, 4) is 0 Å². The zero-order valence-electron chi connectivity index (χ0n) is 7.92. The molecule has 0 aliphatic heterocycles. The summed E-state index contributed by atoms with van der Waals surface area (Å²) in [5.74, 6) is 4.47. The van der Waals surface area contributed by atoms with Crippen molar-refractivity contribution in [1.29, 1.82) is 0 Å². The van der Waals surface area contributed by atoms with Gasteiger partial charge in [-0.25, -0.2) is 0 Å². The molecule has 4 heteroatoms. The second-order valence-corrected chi connectivity index (χ2v) is 3.93. The predicted molar refractivity (Wildman–Crippen MR) is 49.5 cm³/mol. The van der Waals surface area contributed by atoms with E-state index in [2.05, 4.69) is 4.84 Å². The van der Waals surface area contributed by atoms with E-state index in [4.69, 9.17) is 11.6 Å². The van der Waals surface area contributed by atoms with Crippen molar-refractivity contribution >= 4 is 5.97 Å². The number of nitrogens with two attached hydrogens (primary N) is 2. The molecule has 0 bridgehead atoms. The topological polar surface area (TPSA) is 78.3 Å². The van der Waals surface area contributed by atoms with Crippen LogP contribution in [0.4, 0.5) is 0 Å². The summed E-state index contributed by atoms with van der Waals surface area (Å²) in [5.41, 5.74) is 5.66. The van der Waals surface area contributed by atoms with Gasteiger partial charge in [-0.3, -0.25) is 4.79 Å². The van der Waals surface area contributed by atoms with E-state index >= 15 is 0 Å². The van der Waals surface area contributed by atoms with Crippen LogP contribution in [0.5, 0.6) is 0 Å². The molecule has 13 heavy (non-hydrogen) atoms. The van der Waals surface area contributed by atoms with E-state index in [0.717, 1.165) is 25.7 Å². The lowest BCUT2D eigenvalue weighted by atomic mass is 9.72. The highest BCUT2D eigenvalue weighted by atomic mass is 16.7. The first kappa shape index (κ1) is 10.5. The number of hydrogen-bond acceptors (Lipinski definition) is 4. The molecule has 1 fully saturated rings. The lowest BCUT2D eigenvalue weighted by Crippen LogP contribution is -2.36. The van der Waals surface area contributed by atoms with E-state index in [1.807, 2.05) is 0 Å². The molecule has 0 unspecified atom stereocenters. The average Bonchev–Trinajstić information content (AvgIpc) is 2.19. The molecular formula is C9H18N2O2. The molecule has 4 nitrogen and oxygen atoms in total. The standard InChI is InChI=1S/C9H18N2O2/c10-7-9(6-8(12)13-11)4-2-1-3-5-9/h1-7,10-11H2. The molecule has 76 valence electrons. The Hall–Kier alpha value is -0.610. The van der Waals surface area contributed by atoms with Gasteiger partial charge < -0.3 is 10.6 Å². The summed E-state index contributed by atoms with van der Waals surface area (Å²) in [6.45, 7) is 0.558. The first-order chi connectivity index (χ1) is 6.22. The van der Waals surface area contributed by atoms with Crippen molar-refractivity contribution in [2.45, 2.75) is 38.5 Å². The fraction of sp³-hybridized carbons (Fsp3) is 0.889. The minimum Gasteiger partial charge on any atom is -0.373 e. The van der Waals surface area contributed by atoms with Crippen molar-refractivity contribution < 1.29 is 9.63 Å². The van der Waals surface area contributed by atoms with Gasteiger partial charge in [0.1, 0.15) is 0 Å². The minimum atomic E-state index is -0.340. The van der Waals surface area contributed by atoms with Gasteiger partial charge in [-0.2, -0.15) is 5.90 Å². The largest absolute Gasteiger partial charge is 0.373 e. The number of rotatable bonds is 3. The van der Waals surface area contributed by atoms with Crippen LogP contribution in [0.15, 0.2) is 0 Å². The van der Waals surface area contributed by atoms with Crippen LogP contribution in [0, 0.1) is 5.41 Å². The highest BCUT2D eigenvalue weighted by Crippen LogP contribution is 2.38. The predicted octanol–water partition coefficient (Wildman–Crippen LogP) is 0.703. The molecule has 0 spiro atoms. The monoisotopic (exact) mass is 186 g/mol. The molecule has 4 N–H and O–H groups in total. The Morgan fingerprint density at radius 3 is 2.38 bits per heavy atom. The minimum absolute atomic E-state index is 0.0330. The van der Waals surface area contributed by atoms with E-state index < -0.39 is 0 Å². The van der Waals surface area contributed by atoms with Gasteiger partial charge in [0.2, 0.25) is 0 Å². The Balaban J connectivity index is 2.52. The van der Waals surface area contributed by atoms with Gasteiger partial charge in [0.15, 0.2) is 0 Å². The molecule has 0 heterocycles. The maximum absolute atomic E-state index is 11.0. The van der Waals surface area contributed by atoms with E-state index in [1.165, 1.54) is 6.42 Å². The van der Waals surface area contributed by atoms with E-state index in [9.17, 15) is 4.79 Å². The van der Waals surface area contributed by atoms with E-state index in [1.54, 1.807) is 0 Å². The summed E-state index contributed by atoms with van der Waals surface area (Å²) in [7, 11) is 0. The van der Waals surface area contributed by atoms with Crippen LogP contribution in [0.2, 0.25) is 0 Å². The fourth-order valence-corrected chi connectivity index (χ4v) is 2.10. The summed E-state index contributed by atoms with van der Waals surface area (Å²) in [4.78, 5) is 15.2. The molecule has 0 aromatic carbocycles. The lowest BCUT2D eigenvalue weighted by molar-refractivity contribution is -0.147. The van der Waals surface area contributed by atoms with Crippen LogP contribution in [-0.4, -0.2) is 12.5 Å². The Labute approximate surface area is 78.6 Å². The summed E-state index contributed by atoms with van der Waals surface area (Å²) in [5, 5.41) is 0. The normalized spacial score (nSPS) is 21.1. The Kier molecular flexibility index (Phi) is 3.69. The van der Waals surface area contributed by atoms with Crippen LogP contribution < -0.4 is 11.6 Å². The molecular weight excluding hydrogens is 168 g/mol. The van der Waals surface area contributed by atoms with Crippen LogP contribution in [0.3, 0.4) is 0 Å². The maximum Gasteiger partial charge on any atom is 0.325 e. The first-order valence-electron chi connectivity index (χ1n) is 4.82. The molecule has 0 aromatic rings. The van der Waals surface area contributed by atoms with E-state index in [-0.39, 0.29) is 11.4 Å². The van der Waals surface area contributed by atoms with E-state index in [0.29, 0.717) is 13.0 Å². The van der Waals surface area contributed by atoms with Crippen LogP contribution in [0.25, 0.3) is 0 Å². The van der Waals surface area contributed by atoms with Gasteiger partial charge in [-0.1, -0.05) is 19.3 Å². The third-order valence-corrected chi connectivity index (χ3v) is 3.00. The van der Waals surface area contributed by atoms with Crippen LogP contribution in [-0.2, 0) is 9.63 Å². The van der Waals surface area contributed by atoms with Crippen molar-refractivity contribution in [2.24, 2.45) is 17.0 Å². The maximum atomic E-state index is 11.0. The SMILES string of the molecule is NCC1(CC(=O)ON)CCCCC1. The summed E-state index contributed by atoms with van der Waals surface area (Å²) in [6.07, 6.45) is 6.00. The molecule has 1 aliphatic rings. The van der Waals surface area contributed by atoms with Crippen molar-refractivity contribution in [1.82, 2.24) is 0 Å². The zero-order valence-corrected chi connectivity index (χ0v) is 7.92. The Morgan fingerprint density at radius 2 is 1.92 bits per heavy atom. The number of carbonyl (C=O) groups excluding carboxylic acids is 1. The fourth-order valence-electron chi connectivity index (χ4n) is 2.10. The average molecular weight is 186 g/mol. The first-order valence-corrected chi connectivity index (χ1v) is 4.82. The summed E-state index contributed by atoms with van der Waals surface area (Å²) >= 11 is 0. The molecule has 1 aliphatic carbocycles. The third kappa shape index (κ3) is 2.67. The number of hydrogen-bond donors (Lipinski definition) is 2. The summed E-state index contributed by atoms with van der Waals surface area (Å²) in [6, 6.07) is 0. The summed E-state index contributed by atoms with van der Waals surface area (Å²) < 4.78 is 0. The lowest BCUT2D eigenvalue weighted by Gasteiger charge is -2.34. The van der Waals surface area contributed by atoms with Gasteiger partial charge in [-0.15, -0.1) is 0 Å². The molecule has 0 radical (unpaired) electrons. The molecule has 0 saturated heterocycles. The quantitative estimate of drug-likeness (QED) is 0.636. The van der Waals surface area contributed by atoms with Crippen LogP contribution in [0.1, 0.15) is 38.5 Å². The smallest absolute Gasteiger partial charge is 0.325 e. The number of carbonyl (C=O) groups is 1. The molecule has 0 amide bonds. The molecule has 0 aromatic heterocycles. The van der Waals surface area contributed by atoms with Gasteiger partial charge in [0, 0.05) is 0 Å². The second-order valence-electron chi connectivity index (χ2n) is 3.93. The van der Waals surface area contributed by atoms with Gasteiger partial charge >= 0.3 is 5.97 Å². The molecule has 1 saturated carbocycles. The van der Waals surface area contributed by atoms with Gasteiger partial charge in [0.25, 0.3) is 0 Å².